The molecule has 1 N–H and O–H groups in total. The number of aromatic nitrogens is 2. The molecule has 0 radical (unpaired) electrons. The summed E-state index contributed by atoms with van der Waals surface area (Å²) in [4.78, 5) is 14.7. The molecule has 0 spiro atoms. The van der Waals surface area contributed by atoms with Gasteiger partial charge in [0.2, 0.25) is 5.91 Å². The second kappa shape index (κ2) is 7.98. The number of aryl methyl sites for hydroxylation is 1. The number of nitrogens with zero attached hydrogens (tertiary/aromatic N) is 3. The number of rotatable bonds is 7. The third-order valence-electron chi connectivity index (χ3n) is 4.98. The van der Waals surface area contributed by atoms with E-state index in [9.17, 15) is 4.79 Å². The Labute approximate surface area is 166 Å². The van der Waals surface area contributed by atoms with E-state index in [-0.39, 0.29) is 5.91 Å². The van der Waals surface area contributed by atoms with Crippen LogP contribution in [0.3, 0.4) is 0 Å². The molecule has 3 aromatic rings. The van der Waals surface area contributed by atoms with Crippen molar-refractivity contribution in [1.82, 2.24) is 14.7 Å². The van der Waals surface area contributed by atoms with Gasteiger partial charge < -0.3 is 5.32 Å². The minimum absolute atomic E-state index is 0.0333. The topological polar surface area (TPSA) is 50.2 Å². The number of anilines is 1. The Morgan fingerprint density at radius 2 is 1.86 bits per heavy atom. The molecule has 1 aliphatic carbocycles. The van der Waals surface area contributed by atoms with Crippen LogP contribution in [-0.2, 0) is 11.3 Å². The van der Waals surface area contributed by atoms with Gasteiger partial charge in [-0.05, 0) is 44.5 Å². The Morgan fingerprint density at radius 1 is 1.14 bits per heavy atom. The van der Waals surface area contributed by atoms with Crippen molar-refractivity contribution in [1.29, 1.82) is 0 Å². The SMILES string of the molecule is Cc1ccc(CN(C)CC(=O)Nc2cc(C3CC3)nn2-c2ccccc2)cc1. The minimum Gasteiger partial charge on any atom is -0.309 e. The molecule has 1 saturated carbocycles. The maximum atomic E-state index is 12.7. The molecule has 0 aliphatic heterocycles. The maximum absolute atomic E-state index is 12.7. The van der Waals surface area contributed by atoms with Crippen LogP contribution in [0.15, 0.2) is 60.7 Å². The Bertz CT molecular complexity index is 942. The van der Waals surface area contributed by atoms with Crippen LogP contribution in [0.1, 0.15) is 35.6 Å². The molecule has 1 aromatic heterocycles. The Hall–Kier alpha value is -2.92. The minimum atomic E-state index is -0.0333. The van der Waals surface area contributed by atoms with Crippen molar-refractivity contribution < 1.29 is 4.79 Å². The summed E-state index contributed by atoms with van der Waals surface area (Å²) in [5, 5.41) is 7.80. The molecule has 0 bridgehead atoms. The number of carbonyl (C=O) groups is 1. The normalized spacial score (nSPS) is 13.7. The predicted molar refractivity (Wildman–Crippen MR) is 112 cm³/mol. The zero-order valence-corrected chi connectivity index (χ0v) is 16.4. The van der Waals surface area contributed by atoms with E-state index in [2.05, 4.69) is 36.5 Å². The van der Waals surface area contributed by atoms with Crippen LogP contribution in [0, 0.1) is 6.92 Å². The summed E-state index contributed by atoms with van der Waals surface area (Å²) in [5.41, 5.74) is 4.46. The van der Waals surface area contributed by atoms with E-state index in [4.69, 9.17) is 5.10 Å². The highest BCUT2D eigenvalue weighted by Gasteiger charge is 2.28. The number of para-hydroxylation sites is 1. The van der Waals surface area contributed by atoms with E-state index in [0.29, 0.717) is 12.5 Å². The van der Waals surface area contributed by atoms with E-state index in [1.54, 1.807) is 0 Å². The molecule has 1 aliphatic rings. The monoisotopic (exact) mass is 374 g/mol. The first-order valence-corrected chi connectivity index (χ1v) is 9.78. The van der Waals surface area contributed by atoms with Crippen LogP contribution < -0.4 is 5.32 Å². The molecule has 2 aromatic carbocycles. The number of hydrogen-bond donors (Lipinski definition) is 1. The highest BCUT2D eigenvalue weighted by molar-refractivity contribution is 5.91. The van der Waals surface area contributed by atoms with Crippen LogP contribution in [0.5, 0.6) is 0 Å². The molecule has 28 heavy (non-hydrogen) atoms. The Balaban J connectivity index is 1.44. The van der Waals surface area contributed by atoms with Crippen molar-refractivity contribution >= 4 is 11.7 Å². The molecular formula is C23H26N4O. The molecule has 1 fully saturated rings. The Kier molecular flexibility index (Phi) is 5.26. The number of nitrogens with one attached hydrogen (secondary N) is 1. The molecule has 1 heterocycles. The molecule has 0 saturated heterocycles. The van der Waals surface area contributed by atoms with Gasteiger partial charge in [-0.25, -0.2) is 4.68 Å². The smallest absolute Gasteiger partial charge is 0.239 e. The van der Waals surface area contributed by atoms with Crippen LogP contribution >= 0.6 is 0 Å². The quantitative estimate of drug-likeness (QED) is 0.676. The lowest BCUT2D eigenvalue weighted by Gasteiger charge is -2.17. The number of likely N-dealkylation sites (N-methyl/N-ethyl adjacent to an activating group) is 1. The van der Waals surface area contributed by atoms with Gasteiger partial charge in [-0.15, -0.1) is 0 Å². The third-order valence-corrected chi connectivity index (χ3v) is 4.98. The van der Waals surface area contributed by atoms with Crippen LogP contribution in [0.2, 0.25) is 0 Å². The van der Waals surface area contributed by atoms with Crippen molar-refractivity contribution in [2.75, 3.05) is 18.9 Å². The Morgan fingerprint density at radius 3 is 2.54 bits per heavy atom. The summed E-state index contributed by atoms with van der Waals surface area (Å²) in [7, 11) is 1.96. The van der Waals surface area contributed by atoms with Crippen LogP contribution in [0.4, 0.5) is 5.82 Å². The van der Waals surface area contributed by atoms with Crippen molar-refractivity contribution in [3.63, 3.8) is 0 Å². The lowest BCUT2D eigenvalue weighted by Crippen LogP contribution is -2.30. The molecule has 4 rings (SSSR count). The maximum Gasteiger partial charge on any atom is 0.239 e. The van der Waals surface area contributed by atoms with Crippen molar-refractivity contribution in [3.05, 3.63) is 77.5 Å². The molecular weight excluding hydrogens is 348 g/mol. The number of amides is 1. The van der Waals surface area contributed by atoms with E-state index in [0.717, 1.165) is 23.7 Å². The van der Waals surface area contributed by atoms with Crippen molar-refractivity contribution in [2.24, 2.45) is 0 Å². The summed E-state index contributed by atoms with van der Waals surface area (Å²) in [6.07, 6.45) is 2.36. The average molecular weight is 374 g/mol. The van der Waals surface area contributed by atoms with Crippen molar-refractivity contribution in [3.8, 4) is 5.69 Å². The second-order valence-corrected chi connectivity index (χ2v) is 7.68. The van der Waals surface area contributed by atoms with E-state index in [1.807, 2.05) is 53.0 Å². The first kappa shape index (κ1) is 18.4. The first-order valence-electron chi connectivity index (χ1n) is 9.78. The molecule has 5 nitrogen and oxygen atoms in total. The van der Waals surface area contributed by atoms with Crippen LogP contribution in [-0.4, -0.2) is 34.2 Å². The zero-order valence-electron chi connectivity index (χ0n) is 16.4. The highest BCUT2D eigenvalue weighted by Crippen LogP contribution is 2.40. The lowest BCUT2D eigenvalue weighted by molar-refractivity contribution is -0.117. The molecule has 0 atom stereocenters. The predicted octanol–water partition coefficient (Wildman–Crippen LogP) is 4.13. The summed E-state index contributed by atoms with van der Waals surface area (Å²) in [6, 6.07) is 20.4. The van der Waals surface area contributed by atoms with Gasteiger partial charge in [0.1, 0.15) is 5.82 Å². The highest BCUT2D eigenvalue weighted by atomic mass is 16.2. The average Bonchev–Trinajstić information content (AvgIpc) is 3.45. The van der Waals surface area contributed by atoms with Gasteiger partial charge in [0, 0.05) is 18.5 Å². The summed E-state index contributed by atoms with van der Waals surface area (Å²) in [5.74, 6) is 1.24. The van der Waals surface area contributed by atoms with Gasteiger partial charge in [0.25, 0.3) is 0 Å². The van der Waals surface area contributed by atoms with Gasteiger partial charge in [0.15, 0.2) is 0 Å². The fraction of sp³-hybridized carbons (Fsp3) is 0.304. The van der Waals surface area contributed by atoms with Gasteiger partial charge in [-0.2, -0.15) is 5.10 Å². The summed E-state index contributed by atoms with van der Waals surface area (Å²) >= 11 is 0. The molecule has 0 unspecified atom stereocenters. The van der Waals surface area contributed by atoms with Crippen LogP contribution in [0.25, 0.3) is 5.69 Å². The molecule has 1 amide bonds. The number of benzene rings is 2. The fourth-order valence-corrected chi connectivity index (χ4v) is 3.32. The van der Waals surface area contributed by atoms with Crippen molar-refractivity contribution in [2.45, 2.75) is 32.2 Å². The van der Waals surface area contributed by atoms with Gasteiger partial charge in [-0.3, -0.25) is 9.69 Å². The summed E-state index contributed by atoms with van der Waals surface area (Å²) < 4.78 is 1.84. The van der Waals surface area contributed by atoms with Gasteiger partial charge in [0.05, 0.1) is 17.9 Å². The third kappa shape index (κ3) is 4.49. The largest absolute Gasteiger partial charge is 0.309 e. The standard InChI is InChI=1S/C23H26N4O/c1-17-8-10-18(11-9-17)15-26(2)16-23(28)24-22-14-21(19-12-13-19)25-27(22)20-6-4-3-5-7-20/h3-11,14,19H,12-13,15-16H2,1-2H3,(H,24,28). The molecule has 5 heteroatoms. The second-order valence-electron chi connectivity index (χ2n) is 7.68. The van der Waals surface area contributed by atoms with E-state index in [1.165, 1.54) is 24.0 Å². The van der Waals surface area contributed by atoms with E-state index < -0.39 is 0 Å². The number of hydrogen-bond acceptors (Lipinski definition) is 3. The zero-order chi connectivity index (χ0) is 19.5. The molecule has 144 valence electrons. The first-order chi connectivity index (χ1) is 13.6. The lowest BCUT2D eigenvalue weighted by atomic mass is 10.1. The van der Waals surface area contributed by atoms with Gasteiger partial charge >= 0.3 is 0 Å². The number of carbonyl (C=O) groups excluding carboxylic acids is 1. The van der Waals surface area contributed by atoms with E-state index >= 15 is 0 Å². The summed E-state index contributed by atoms with van der Waals surface area (Å²) in [6.45, 7) is 3.14. The van der Waals surface area contributed by atoms with Gasteiger partial charge in [-0.1, -0.05) is 48.0 Å². The fourth-order valence-electron chi connectivity index (χ4n) is 3.32.